The van der Waals surface area contributed by atoms with E-state index in [9.17, 15) is 4.79 Å². The van der Waals surface area contributed by atoms with E-state index in [1.165, 1.54) is 22.9 Å². The first-order valence-electron chi connectivity index (χ1n) is 8.52. The van der Waals surface area contributed by atoms with Gasteiger partial charge in [0.05, 0.1) is 23.7 Å². The Morgan fingerprint density at radius 3 is 3.04 bits per heavy atom. The molecule has 1 aromatic carbocycles. The molecule has 0 atom stereocenters. The van der Waals surface area contributed by atoms with Crippen molar-refractivity contribution in [2.45, 2.75) is 25.5 Å². The molecule has 4 aromatic rings. The van der Waals surface area contributed by atoms with Crippen molar-refractivity contribution >= 4 is 34.0 Å². The molecule has 0 radical (unpaired) electrons. The van der Waals surface area contributed by atoms with Crippen molar-refractivity contribution in [1.29, 1.82) is 0 Å². The van der Waals surface area contributed by atoms with Crippen molar-refractivity contribution in [3.63, 3.8) is 0 Å². The number of benzene rings is 1. The van der Waals surface area contributed by atoms with E-state index in [-0.39, 0.29) is 5.91 Å². The lowest BCUT2D eigenvalue weighted by atomic mass is 10.1. The standard InChI is InChI=1S/C19H19N5OS2/c1-13-3-4-14(2)16(9-13)24-6-5-20-18(24)27-12-17(25)21-10-15-11-23-7-8-26-19(23)22-15/h3-9,11H,10,12H2,1-2H3,(H,21,25). The van der Waals surface area contributed by atoms with Gasteiger partial charge in [-0.2, -0.15) is 0 Å². The van der Waals surface area contributed by atoms with Crippen LogP contribution in [0.15, 0.2) is 53.5 Å². The normalized spacial score (nSPS) is 11.2. The summed E-state index contributed by atoms with van der Waals surface area (Å²) in [6.07, 6.45) is 7.59. The maximum atomic E-state index is 12.2. The number of hydrogen-bond donors (Lipinski definition) is 1. The Hall–Kier alpha value is -2.58. The molecule has 4 rings (SSSR count). The van der Waals surface area contributed by atoms with Gasteiger partial charge in [-0.1, -0.05) is 23.9 Å². The van der Waals surface area contributed by atoms with E-state index in [1.54, 1.807) is 17.5 Å². The quantitative estimate of drug-likeness (QED) is 0.505. The van der Waals surface area contributed by atoms with Gasteiger partial charge >= 0.3 is 0 Å². The summed E-state index contributed by atoms with van der Waals surface area (Å²) in [5.74, 6) is 0.274. The van der Waals surface area contributed by atoms with Gasteiger partial charge in [0, 0.05) is 30.2 Å². The third-order valence-corrected chi connectivity index (χ3v) is 5.91. The van der Waals surface area contributed by atoms with E-state index in [1.807, 2.05) is 32.9 Å². The zero-order chi connectivity index (χ0) is 18.8. The minimum atomic E-state index is -0.0353. The first kappa shape index (κ1) is 17.8. The second kappa shape index (κ2) is 7.58. The number of thiazole rings is 1. The largest absolute Gasteiger partial charge is 0.350 e. The monoisotopic (exact) mass is 397 g/mol. The van der Waals surface area contributed by atoms with Crippen LogP contribution in [-0.4, -0.2) is 30.6 Å². The number of imidazole rings is 2. The fourth-order valence-electron chi connectivity index (χ4n) is 2.79. The predicted molar refractivity (Wildman–Crippen MR) is 109 cm³/mol. The topological polar surface area (TPSA) is 64.2 Å². The van der Waals surface area contributed by atoms with Crippen molar-refractivity contribution in [2.75, 3.05) is 5.75 Å². The lowest BCUT2D eigenvalue weighted by Gasteiger charge is -2.11. The van der Waals surface area contributed by atoms with Crippen LogP contribution in [-0.2, 0) is 11.3 Å². The highest BCUT2D eigenvalue weighted by Gasteiger charge is 2.11. The van der Waals surface area contributed by atoms with E-state index in [2.05, 4.69) is 47.3 Å². The molecule has 0 bridgehead atoms. The smallest absolute Gasteiger partial charge is 0.230 e. The molecule has 6 nitrogen and oxygen atoms in total. The number of hydrogen-bond acceptors (Lipinski definition) is 5. The van der Waals surface area contributed by atoms with Crippen molar-refractivity contribution in [3.05, 3.63) is 65.2 Å². The number of carbonyl (C=O) groups is 1. The SMILES string of the molecule is Cc1ccc(C)c(-n2ccnc2SCC(=O)NCc2cn3ccsc3n2)c1. The Labute approximate surface area is 165 Å². The Kier molecular flexibility index (Phi) is 5.00. The van der Waals surface area contributed by atoms with Crippen LogP contribution in [0, 0.1) is 13.8 Å². The number of amides is 1. The molecule has 0 aliphatic rings. The lowest BCUT2D eigenvalue weighted by molar-refractivity contribution is -0.118. The minimum absolute atomic E-state index is 0.0353. The van der Waals surface area contributed by atoms with Gasteiger partial charge in [0.25, 0.3) is 0 Å². The molecular weight excluding hydrogens is 378 g/mol. The van der Waals surface area contributed by atoms with Crippen molar-refractivity contribution in [3.8, 4) is 5.69 Å². The molecule has 0 unspecified atom stereocenters. The Balaban J connectivity index is 1.37. The molecule has 1 N–H and O–H groups in total. The zero-order valence-electron chi connectivity index (χ0n) is 15.0. The number of carbonyl (C=O) groups excluding carboxylic acids is 1. The number of aromatic nitrogens is 4. The molecule has 1 amide bonds. The Bertz CT molecular complexity index is 1070. The van der Waals surface area contributed by atoms with E-state index in [4.69, 9.17) is 0 Å². The van der Waals surface area contributed by atoms with Crippen LogP contribution >= 0.6 is 23.1 Å². The fraction of sp³-hybridized carbons (Fsp3) is 0.211. The molecule has 0 aliphatic heterocycles. The molecule has 0 fully saturated rings. The summed E-state index contributed by atoms with van der Waals surface area (Å²) in [5.41, 5.74) is 4.31. The number of nitrogens with zero attached hydrogens (tertiary/aromatic N) is 4. The highest BCUT2D eigenvalue weighted by atomic mass is 32.2. The summed E-state index contributed by atoms with van der Waals surface area (Å²) < 4.78 is 3.99. The maximum absolute atomic E-state index is 12.2. The van der Waals surface area contributed by atoms with E-state index < -0.39 is 0 Å². The summed E-state index contributed by atoms with van der Waals surface area (Å²) in [6, 6.07) is 6.32. The first-order valence-corrected chi connectivity index (χ1v) is 10.4. The summed E-state index contributed by atoms with van der Waals surface area (Å²) in [5, 5.41) is 5.72. The molecule has 0 spiro atoms. The number of aryl methyl sites for hydroxylation is 2. The summed E-state index contributed by atoms with van der Waals surface area (Å²) >= 11 is 3.01. The van der Waals surface area contributed by atoms with E-state index in [0.717, 1.165) is 21.5 Å². The third-order valence-electron chi connectivity index (χ3n) is 4.17. The van der Waals surface area contributed by atoms with E-state index in [0.29, 0.717) is 12.3 Å². The van der Waals surface area contributed by atoms with Gasteiger partial charge in [-0.25, -0.2) is 9.97 Å². The van der Waals surface area contributed by atoms with Crippen molar-refractivity contribution in [1.82, 2.24) is 24.3 Å². The van der Waals surface area contributed by atoms with Crippen LogP contribution in [0.4, 0.5) is 0 Å². The lowest BCUT2D eigenvalue weighted by Crippen LogP contribution is -2.24. The van der Waals surface area contributed by atoms with Crippen molar-refractivity contribution in [2.24, 2.45) is 0 Å². The maximum Gasteiger partial charge on any atom is 0.230 e. The van der Waals surface area contributed by atoms with Crippen LogP contribution in [0.5, 0.6) is 0 Å². The molecule has 0 saturated heterocycles. The number of nitrogens with one attached hydrogen (secondary N) is 1. The average molecular weight is 398 g/mol. The molecule has 3 aromatic heterocycles. The number of thioether (sulfide) groups is 1. The van der Waals surface area contributed by atoms with Gasteiger partial charge in [-0.3, -0.25) is 13.8 Å². The van der Waals surface area contributed by atoms with Gasteiger partial charge in [-0.05, 0) is 31.0 Å². The highest BCUT2D eigenvalue weighted by Crippen LogP contribution is 2.23. The van der Waals surface area contributed by atoms with Crippen LogP contribution in [0.3, 0.4) is 0 Å². The third kappa shape index (κ3) is 3.91. The molecule has 138 valence electrons. The highest BCUT2D eigenvalue weighted by molar-refractivity contribution is 7.99. The molecule has 27 heavy (non-hydrogen) atoms. The number of rotatable bonds is 6. The molecule has 3 heterocycles. The second-order valence-electron chi connectivity index (χ2n) is 6.26. The zero-order valence-corrected chi connectivity index (χ0v) is 16.7. The second-order valence-corrected chi connectivity index (χ2v) is 8.08. The average Bonchev–Trinajstić information content (AvgIpc) is 3.36. The van der Waals surface area contributed by atoms with Crippen molar-refractivity contribution < 1.29 is 4.79 Å². The van der Waals surface area contributed by atoms with Crippen LogP contribution in [0.1, 0.15) is 16.8 Å². The van der Waals surface area contributed by atoms with Gasteiger partial charge < -0.3 is 5.32 Å². The Morgan fingerprint density at radius 1 is 1.30 bits per heavy atom. The first-order chi connectivity index (χ1) is 13.1. The summed E-state index contributed by atoms with van der Waals surface area (Å²) in [4.78, 5) is 22.0. The molecule has 0 saturated carbocycles. The summed E-state index contributed by atoms with van der Waals surface area (Å²) in [7, 11) is 0. The Morgan fingerprint density at radius 2 is 2.19 bits per heavy atom. The van der Waals surface area contributed by atoms with Gasteiger partial charge in [0.2, 0.25) is 5.91 Å². The van der Waals surface area contributed by atoms with Gasteiger partial charge in [0.1, 0.15) is 0 Å². The van der Waals surface area contributed by atoms with E-state index >= 15 is 0 Å². The van der Waals surface area contributed by atoms with Crippen LogP contribution in [0.25, 0.3) is 10.6 Å². The molecule has 0 aliphatic carbocycles. The van der Waals surface area contributed by atoms with Gasteiger partial charge in [-0.15, -0.1) is 11.3 Å². The van der Waals surface area contributed by atoms with Crippen LogP contribution < -0.4 is 5.32 Å². The number of fused-ring (bicyclic) bond motifs is 1. The fourth-order valence-corrected chi connectivity index (χ4v) is 4.31. The minimum Gasteiger partial charge on any atom is -0.350 e. The van der Waals surface area contributed by atoms with Gasteiger partial charge in [0.15, 0.2) is 10.1 Å². The predicted octanol–water partition coefficient (Wildman–Crippen LogP) is 3.61. The molecular formula is C19H19N5OS2. The van der Waals surface area contributed by atoms with Crippen LogP contribution in [0.2, 0.25) is 0 Å². The molecule has 8 heteroatoms. The summed E-state index contributed by atoms with van der Waals surface area (Å²) in [6.45, 7) is 4.57.